The van der Waals surface area contributed by atoms with E-state index in [1.54, 1.807) is 12.4 Å². The van der Waals surface area contributed by atoms with Crippen LogP contribution < -0.4 is 4.90 Å². The average molecular weight is 337 g/mol. The number of morpholine rings is 1. The van der Waals surface area contributed by atoms with Crippen LogP contribution >= 0.6 is 0 Å². The zero-order chi connectivity index (χ0) is 17.1. The van der Waals surface area contributed by atoms with Gasteiger partial charge in [0.25, 0.3) is 5.91 Å². The van der Waals surface area contributed by atoms with Gasteiger partial charge in [-0.2, -0.15) is 0 Å². The minimum atomic E-state index is -0.0791. The van der Waals surface area contributed by atoms with Crippen LogP contribution in [0.1, 0.15) is 34.9 Å². The number of amides is 1. The number of rotatable bonds is 3. The number of ether oxygens (including phenoxy) is 1. The first-order valence-electron chi connectivity index (χ1n) is 8.97. The van der Waals surface area contributed by atoms with E-state index in [4.69, 9.17) is 4.74 Å². The molecule has 2 aromatic rings. The van der Waals surface area contributed by atoms with Gasteiger partial charge < -0.3 is 14.5 Å². The predicted molar refractivity (Wildman–Crippen MR) is 96.7 cm³/mol. The van der Waals surface area contributed by atoms with Gasteiger partial charge in [0.1, 0.15) is 6.10 Å². The quantitative estimate of drug-likeness (QED) is 0.864. The van der Waals surface area contributed by atoms with Crippen molar-refractivity contribution in [1.29, 1.82) is 0 Å². The molecule has 25 heavy (non-hydrogen) atoms. The highest BCUT2D eigenvalue weighted by molar-refractivity contribution is 5.94. The molecule has 0 bridgehead atoms. The average Bonchev–Trinajstić information content (AvgIpc) is 3.23. The molecule has 0 unspecified atom stereocenters. The number of aromatic nitrogens is 1. The second kappa shape index (κ2) is 7.23. The Balaban J connectivity index is 1.44. The van der Waals surface area contributed by atoms with Crippen LogP contribution in [-0.2, 0) is 4.74 Å². The van der Waals surface area contributed by atoms with Crippen molar-refractivity contribution in [1.82, 2.24) is 9.88 Å². The molecule has 1 aromatic heterocycles. The first kappa shape index (κ1) is 16.1. The molecule has 2 fully saturated rings. The molecule has 2 aliphatic rings. The summed E-state index contributed by atoms with van der Waals surface area (Å²) in [7, 11) is 0. The highest BCUT2D eigenvalue weighted by Gasteiger charge is 2.26. The lowest BCUT2D eigenvalue weighted by Gasteiger charge is -2.33. The third-order valence-corrected chi connectivity index (χ3v) is 5.02. The van der Waals surface area contributed by atoms with Gasteiger partial charge in [-0.05, 0) is 54.8 Å². The van der Waals surface area contributed by atoms with Crippen molar-refractivity contribution >= 4 is 11.6 Å². The molecule has 0 radical (unpaired) electrons. The molecule has 0 N–H and O–H groups in total. The summed E-state index contributed by atoms with van der Waals surface area (Å²) >= 11 is 0. The molecule has 5 heteroatoms. The van der Waals surface area contributed by atoms with E-state index in [0.29, 0.717) is 19.7 Å². The van der Waals surface area contributed by atoms with Gasteiger partial charge in [0.15, 0.2) is 0 Å². The van der Waals surface area contributed by atoms with Crippen LogP contribution in [0, 0.1) is 0 Å². The van der Waals surface area contributed by atoms with Crippen LogP contribution in [0.3, 0.4) is 0 Å². The molecule has 1 amide bonds. The number of pyridine rings is 1. The van der Waals surface area contributed by atoms with E-state index in [0.717, 1.165) is 24.2 Å². The second-order valence-corrected chi connectivity index (χ2v) is 6.63. The maximum absolute atomic E-state index is 12.9. The number of hydrogen-bond acceptors (Lipinski definition) is 4. The monoisotopic (exact) mass is 337 g/mol. The Morgan fingerprint density at radius 2 is 1.72 bits per heavy atom. The lowest BCUT2D eigenvalue weighted by atomic mass is 10.1. The fraction of sp³-hybridized carbons (Fsp3) is 0.400. The minimum Gasteiger partial charge on any atom is -0.372 e. The Kier molecular flexibility index (Phi) is 4.65. The number of carbonyl (C=O) groups excluding carboxylic acids is 1. The van der Waals surface area contributed by atoms with E-state index in [1.165, 1.54) is 18.5 Å². The summed E-state index contributed by atoms with van der Waals surface area (Å²) in [5.41, 5.74) is 3.03. The van der Waals surface area contributed by atoms with E-state index >= 15 is 0 Å². The smallest absolute Gasteiger partial charge is 0.254 e. The molecule has 4 rings (SSSR count). The summed E-state index contributed by atoms with van der Waals surface area (Å²) in [6.07, 6.45) is 5.95. The SMILES string of the molecule is O=C(c1ccc(N2CCCC2)cc1)N1CCO[C@@H](c2ccncc2)C1. The molecule has 5 nitrogen and oxygen atoms in total. The maximum Gasteiger partial charge on any atom is 0.254 e. The summed E-state index contributed by atoms with van der Waals surface area (Å²) in [6, 6.07) is 11.9. The Morgan fingerprint density at radius 3 is 2.44 bits per heavy atom. The third kappa shape index (κ3) is 3.51. The minimum absolute atomic E-state index is 0.0790. The summed E-state index contributed by atoms with van der Waals surface area (Å²) < 4.78 is 5.84. The lowest BCUT2D eigenvalue weighted by molar-refractivity contribution is -0.0228. The molecular weight excluding hydrogens is 314 g/mol. The number of carbonyl (C=O) groups is 1. The largest absolute Gasteiger partial charge is 0.372 e. The summed E-state index contributed by atoms with van der Waals surface area (Å²) in [4.78, 5) is 21.2. The normalized spacial score (nSPS) is 20.7. The van der Waals surface area contributed by atoms with E-state index in [9.17, 15) is 4.79 Å². The number of anilines is 1. The number of benzene rings is 1. The van der Waals surface area contributed by atoms with Gasteiger partial charge in [-0.15, -0.1) is 0 Å². The topological polar surface area (TPSA) is 45.7 Å². The van der Waals surface area contributed by atoms with Crippen molar-refractivity contribution in [2.24, 2.45) is 0 Å². The van der Waals surface area contributed by atoms with Crippen LogP contribution in [0.15, 0.2) is 48.8 Å². The van der Waals surface area contributed by atoms with Gasteiger partial charge in [-0.25, -0.2) is 0 Å². The van der Waals surface area contributed by atoms with Crippen LogP contribution in [0.25, 0.3) is 0 Å². The highest BCUT2D eigenvalue weighted by Crippen LogP contribution is 2.24. The molecule has 2 saturated heterocycles. The summed E-state index contributed by atoms with van der Waals surface area (Å²) in [5, 5.41) is 0. The van der Waals surface area contributed by atoms with Gasteiger partial charge in [0.05, 0.1) is 13.2 Å². The zero-order valence-corrected chi connectivity index (χ0v) is 14.3. The molecule has 130 valence electrons. The summed E-state index contributed by atoms with van der Waals surface area (Å²) in [6.45, 7) is 4.00. The van der Waals surface area contributed by atoms with Crippen molar-refractivity contribution < 1.29 is 9.53 Å². The van der Waals surface area contributed by atoms with Crippen LogP contribution in [0.2, 0.25) is 0 Å². The standard InChI is InChI=1S/C20H23N3O2/c24-20(17-3-5-18(6-4-17)22-11-1-2-12-22)23-13-14-25-19(15-23)16-7-9-21-10-8-16/h3-10,19H,1-2,11-15H2/t19-/m1/s1. The summed E-state index contributed by atoms with van der Waals surface area (Å²) in [5.74, 6) is 0.0790. The lowest BCUT2D eigenvalue weighted by Crippen LogP contribution is -2.42. The van der Waals surface area contributed by atoms with Crippen LogP contribution in [0.5, 0.6) is 0 Å². The first-order valence-corrected chi connectivity index (χ1v) is 8.97. The van der Waals surface area contributed by atoms with Crippen molar-refractivity contribution in [3.05, 3.63) is 59.9 Å². The van der Waals surface area contributed by atoms with Gasteiger partial charge in [0, 0.05) is 43.3 Å². The fourth-order valence-corrected chi connectivity index (χ4v) is 3.59. The molecule has 0 aliphatic carbocycles. The fourth-order valence-electron chi connectivity index (χ4n) is 3.59. The maximum atomic E-state index is 12.9. The van der Waals surface area contributed by atoms with Gasteiger partial charge in [-0.1, -0.05) is 0 Å². The van der Waals surface area contributed by atoms with Crippen molar-refractivity contribution in [3.8, 4) is 0 Å². The van der Waals surface area contributed by atoms with Crippen molar-refractivity contribution in [2.45, 2.75) is 18.9 Å². The number of hydrogen-bond donors (Lipinski definition) is 0. The zero-order valence-electron chi connectivity index (χ0n) is 14.3. The molecule has 3 heterocycles. The molecule has 1 atom stereocenters. The Hall–Kier alpha value is -2.40. The van der Waals surface area contributed by atoms with Crippen molar-refractivity contribution in [2.75, 3.05) is 37.7 Å². The predicted octanol–water partition coefficient (Wildman–Crippen LogP) is 2.90. The molecular formula is C20H23N3O2. The van der Waals surface area contributed by atoms with Gasteiger partial charge in [-0.3, -0.25) is 9.78 Å². The molecule has 0 spiro atoms. The Bertz CT molecular complexity index is 711. The van der Waals surface area contributed by atoms with E-state index in [2.05, 4.69) is 22.0 Å². The molecule has 0 saturated carbocycles. The van der Waals surface area contributed by atoms with Gasteiger partial charge >= 0.3 is 0 Å². The van der Waals surface area contributed by atoms with Gasteiger partial charge in [0.2, 0.25) is 0 Å². The van der Waals surface area contributed by atoms with Crippen LogP contribution in [-0.4, -0.2) is 48.6 Å². The van der Waals surface area contributed by atoms with E-state index in [1.807, 2.05) is 29.2 Å². The highest BCUT2D eigenvalue weighted by atomic mass is 16.5. The Labute approximate surface area is 148 Å². The second-order valence-electron chi connectivity index (χ2n) is 6.63. The Morgan fingerprint density at radius 1 is 1.00 bits per heavy atom. The van der Waals surface area contributed by atoms with Crippen molar-refractivity contribution in [3.63, 3.8) is 0 Å². The van der Waals surface area contributed by atoms with Crippen LogP contribution in [0.4, 0.5) is 5.69 Å². The first-order chi connectivity index (χ1) is 12.3. The molecule has 1 aromatic carbocycles. The van der Waals surface area contributed by atoms with E-state index < -0.39 is 0 Å². The number of nitrogens with zero attached hydrogens (tertiary/aromatic N) is 3. The molecule has 2 aliphatic heterocycles. The third-order valence-electron chi connectivity index (χ3n) is 5.02. The van der Waals surface area contributed by atoms with E-state index in [-0.39, 0.29) is 12.0 Å².